The van der Waals surface area contributed by atoms with E-state index in [-0.39, 0.29) is 24.8 Å². The summed E-state index contributed by atoms with van der Waals surface area (Å²) >= 11 is 0. The number of hydrogen-bond acceptors (Lipinski definition) is 3. The summed E-state index contributed by atoms with van der Waals surface area (Å²) in [6.07, 6.45) is -8.11. The summed E-state index contributed by atoms with van der Waals surface area (Å²) in [5.74, 6) is -2.38. The molecular weight excluding hydrogens is 531 g/mol. The number of hydrogen-bond donors (Lipinski definition) is 2. The molecule has 39 heavy (non-hydrogen) atoms. The first-order chi connectivity index (χ1) is 18.0. The van der Waals surface area contributed by atoms with Gasteiger partial charge in [0.25, 0.3) is 0 Å². The van der Waals surface area contributed by atoms with Gasteiger partial charge in [-0.2, -0.15) is 26.3 Å². The van der Waals surface area contributed by atoms with Crippen LogP contribution >= 0.6 is 0 Å². The molecule has 1 atom stereocenters. The molecule has 0 bridgehead atoms. The number of amides is 2. The van der Waals surface area contributed by atoms with Gasteiger partial charge < -0.3 is 16.0 Å². The van der Waals surface area contributed by atoms with Crippen LogP contribution in [0.1, 0.15) is 54.9 Å². The number of likely N-dealkylation sites (tertiary alicyclic amines) is 1. The van der Waals surface area contributed by atoms with Crippen LogP contribution in [-0.4, -0.2) is 41.4 Å². The van der Waals surface area contributed by atoms with Gasteiger partial charge in [0.15, 0.2) is 0 Å². The van der Waals surface area contributed by atoms with E-state index < -0.39 is 58.1 Å². The lowest BCUT2D eigenvalue weighted by atomic mass is 9.90. The Morgan fingerprint density at radius 2 is 1.46 bits per heavy atom. The smallest absolute Gasteiger partial charge is 0.343 e. The van der Waals surface area contributed by atoms with E-state index >= 15 is 0 Å². The lowest BCUT2D eigenvalue weighted by Crippen LogP contribution is -2.56. The molecule has 1 unspecified atom stereocenters. The van der Waals surface area contributed by atoms with E-state index in [2.05, 4.69) is 5.32 Å². The molecule has 212 valence electrons. The Bertz CT molecular complexity index is 1230. The molecule has 0 aromatic heterocycles. The highest BCUT2D eigenvalue weighted by Crippen LogP contribution is 2.50. The Morgan fingerprint density at radius 3 is 1.95 bits per heavy atom. The predicted molar refractivity (Wildman–Crippen MR) is 128 cm³/mol. The molecule has 12 heteroatoms. The zero-order valence-electron chi connectivity index (χ0n) is 21.1. The number of piperidine rings is 1. The van der Waals surface area contributed by atoms with Crippen molar-refractivity contribution in [2.24, 2.45) is 5.73 Å². The van der Waals surface area contributed by atoms with E-state index in [0.717, 1.165) is 18.2 Å². The second-order valence-electron chi connectivity index (χ2n) is 10.7. The zero-order valence-corrected chi connectivity index (χ0v) is 21.1. The summed E-state index contributed by atoms with van der Waals surface area (Å²) in [7, 11) is 0. The molecule has 1 saturated carbocycles. The van der Waals surface area contributed by atoms with Crippen LogP contribution in [0.3, 0.4) is 0 Å². The van der Waals surface area contributed by atoms with Crippen LogP contribution in [0, 0.1) is 5.82 Å². The third-order valence-corrected chi connectivity index (χ3v) is 7.54. The van der Waals surface area contributed by atoms with Crippen molar-refractivity contribution in [1.82, 2.24) is 10.2 Å². The summed E-state index contributed by atoms with van der Waals surface area (Å²) in [6.45, 7) is 2.47. The van der Waals surface area contributed by atoms with Crippen LogP contribution in [-0.2, 0) is 33.8 Å². The molecule has 1 heterocycles. The van der Waals surface area contributed by atoms with Gasteiger partial charge in [-0.1, -0.05) is 18.2 Å². The van der Waals surface area contributed by atoms with E-state index in [1.807, 2.05) is 6.92 Å². The molecule has 1 saturated heterocycles. The molecular formula is C27H28F7N3O2. The Morgan fingerprint density at radius 1 is 0.923 bits per heavy atom. The predicted octanol–water partition coefficient (Wildman–Crippen LogP) is 4.96. The molecule has 5 nitrogen and oxygen atoms in total. The second kappa shape index (κ2) is 10.1. The highest BCUT2D eigenvalue weighted by molar-refractivity contribution is 5.95. The SMILES string of the molecule is CC1(N)CCN(C(=O)C(Cc2ccc(C(F)(F)F)cc2)NC(=O)C2(c3ccc(C(F)(F)F)cc3F)CC2)CC1. The maximum atomic E-state index is 14.8. The number of carbonyl (C=O) groups is 2. The van der Waals surface area contributed by atoms with Gasteiger partial charge >= 0.3 is 12.4 Å². The minimum absolute atomic E-state index is 0.134. The van der Waals surface area contributed by atoms with Gasteiger partial charge in [-0.05, 0) is 62.4 Å². The molecule has 2 aromatic rings. The minimum Gasteiger partial charge on any atom is -0.343 e. The Kier molecular flexibility index (Phi) is 7.48. The number of nitrogens with one attached hydrogen (secondary N) is 1. The van der Waals surface area contributed by atoms with Crippen molar-refractivity contribution < 1.29 is 40.3 Å². The Labute approximate surface area is 220 Å². The molecule has 2 amide bonds. The van der Waals surface area contributed by atoms with Crippen molar-refractivity contribution in [3.63, 3.8) is 0 Å². The van der Waals surface area contributed by atoms with Crippen LogP contribution < -0.4 is 11.1 Å². The highest BCUT2D eigenvalue weighted by Gasteiger charge is 2.54. The van der Waals surface area contributed by atoms with E-state index in [4.69, 9.17) is 5.73 Å². The molecule has 0 spiro atoms. The Balaban J connectivity index is 1.58. The summed E-state index contributed by atoms with van der Waals surface area (Å²) in [5, 5.41) is 2.63. The summed E-state index contributed by atoms with van der Waals surface area (Å²) in [4.78, 5) is 28.4. The normalized spacial score (nSPS) is 19.4. The van der Waals surface area contributed by atoms with Crippen molar-refractivity contribution in [2.75, 3.05) is 13.1 Å². The number of halogens is 7. The summed E-state index contributed by atoms with van der Waals surface area (Å²) in [6, 6.07) is 4.96. The summed E-state index contributed by atoms with van der Waals surface area (Å²) < 4.78 is 92.7. The lowest BCUT2D eigenvalue weighted by molar-refractivity contribution is -0.138. The number of carbonyl (C=O) groups excluding carboxylic acids is 2. The van der Waals surface area contributed by atoms with Crippen LogP contribution in [0.15, 0.2) is 42.5 Å². The fraction of sp³-hybridized carbons (Fsp3) is 0.481. The second-order valence-corrected chi connectivity index (χ2v) is 10.7. The lowest BCUT2D eigenvalue weighted by Gasteiger charge is -2.38. The molecule has 0 radical (unpaired) electrons. The molecule has 3 N–H and O–H groups in total. The first-order valence-corrected chi connectivity index (χ1v) is 12.4. The fourth-order valence-corrected chi connectivity index (χ4v) is 4.84. The molecule has 1 aliphatic carbocycles. The third kappa shape index (κ3) is 6.37. The maximum absolute atomic E-state index is 14.8. The van der Waals surface area contributed by atoms with Crippen molar-refractivity contribution in [1.29, 1.82) is 0 Å². The largest absolute Gasteiger partial charge is 0.416 e. The number of rotatable bonds is 6. The molecule has 2 fully saturated rings. The molecule has 4 rings (SSSR count). The van der Waals surface area contributed by atoms with Crippen molar-refractivity contribution in [3.8, 4) is 0 Å². The average molecular weight is 560 g/mol. The van der Waals surface area contributed by atoms with Gasteiger partial charge in [0.1, 0.15) is 11.9 Å². The first kappa shape index (κ1) is 28.8. The number of nitrogens with zero attached hydrogens (tertiary/aromatic N) is 1. The standard InChI is InChI=1S/C27H28F7N3O2/c1-24(35)10-12-37(13-11-24)22(38)21(14-16-2-4-17(5-3-16)26(29,30)31)36-23(39)25(8-9-25)19-7-6-18(15-20(19)28)27(32,33)34/h2-7,15,21H,8-14,35H2,1H3,(H,36,39). The number of benzene rings is 2. The van der Waals surface area contributed by atoms with Crippen molar-refractivity contribution in [3.05, 3.63) is 70.5 Å². The maximum Gasteiger partial charge on any atom is 0.416 e. The number of alkyl halides is 6. The van der Waals surface area contributed by atoms with Crippen LogP contribution in [0.25, 0.3) is 0 Å². The van der Waals surface area contributed by atoms with Gasteiger partial charge in [0.2, 0.25) is 11.8 Å². The minimum atomic E-state index is -4.76. The van der Waals surface area contributed by atoms with Gasteiger partial charge in [0.05, 0.1) is 16.5 Å². The third-order valence-electron chi connectivity index (χ3n) is 7.54. The van der Waals surface area contributed by atoms with Gasteiger partial charge in [-0.15, -0.1) is 0 Å². The van der Waals surface area contributed by atoms with Gasteiger partial charge in [0, 0.05) is 30.6 Å². The van der Waals surface area contributed by atoms with Crippen molar-refractivity contribution >= 4 is 11.8 Å². The average Bonchev–Trinajstić information content (AvgIpc) is 3.64. The molecule has 2 aliphatic rings. The quantitative estimate of drug-likeness (QED) is 0.492. The zero-order chi connectivity index (χ0) is 28.8. The van der Waals surface area contributed by atoms with Crippen LogP contribution in [0.4, 0.5) is 30.7 Å². The fourth-order valence-electron chi connectivity index (χ4n) is 4.84. The van der Waals surface area contributed by atoms with E-state index in [0.29, 0.717) is 43.6 Å². The van der Waals surface area contributed by atoms with E-state index in [9.17, 15) is 40.3 Å². The van der Waals surface area contributed by atoms with Gasteiger partial charge in [-0.3, -0.25) is 9.59 Å². The van der Waals surface area contributed by atoms with Gasteiger partial charge in [-0.25, -0.2) is 4.39 Å². The van der Waals surface area contributed by atoms with E-state index in [1.165, 1.54) is 17.0 Å². The van der Waals surface area contributed by atoms with Crippen molar-refractivity contribution in [2.45, 2.75) is 68.4 Å². The Hall–Kier alpha value is -3.15. The highest BCUT2D eigenvalue weighted by atomic mass is 19.4. The molecule has 1 aliphatic heterocycles. The number of nitrogens with two attached hydrogens (primary N) is 1. The van der Waals surface area contributed by atoms with E-state index in [1.54, 1.807) is 0 Å². The molecule has 2 aromatic carbocycles. The van der Waals surface area contributed by atoms with Crippen LogP contribution in [0.5, 0.6) is 0 Å². The van der Waals surface area contributed by atoms with Crippen LogP contribution in [0.2, 0.25) is 0 Å². The topological polar surface area (TPSA) is 75.4 Å². The summed E-state index contributed by atoms with van der Waals surface area (Å²) in [5.41, 5.74) is 2.33. The monoisotopic (exact) mass is 559 g/mol. The first-order valence-electron chi connectivity index (χ1n) is 12.4.